The van der Waals surface area contributed by atoms with Crippen LogP contribution in [0.4, 0.5) is 0 Å². The molecule has 0 radical (unpaired) electrons. The van der Waals surface area contributed by atoms with Gasteiger partial charge in [-0.15, -0.1) is 0 Å². The molecule has 1 aliphatic rings. The van der Waals surface area contributed by atoms with E-state index in [0.717, 1.165) is 10.0 Å². The van der Waals surface area contributed by atoms with E-state index in [4.69, 9.17) is 9.84 Å². The molecule has 1 fully saturated rings. The van der Waals surface area contributed by atoms with Gasteiger partial charge in [0.2, 0.25) is 5.91 Å². The van der Waals surface area contributed by atoms with Gasteiger partial charge in [-0.2, -0.15) is 0 Å². The molecule has 6 heteroatoms. The molecule has 21 heavy (non-hydrogen) atoms. The number of aliphatic carboxylic acids is 1. The Morgan fingerprint density at radius 3 is 2.67 bits per heavy atom. The number of nitrogens with zero attached hydrogens (tertiary/aromatic N) is 1. The van der Waals surface area contributed by atoms with Crippen LogP contribution < -0.4 is 0 Å². The number of carbonyl (C=O) groups excluding carboxylic acids is 1. The Hall–Kier alpha value is -1.40. The molecule has 0 aliphatic carbocycles. The first kappa shape index (κ1) is 16.0. The van der Waals surface area contributed by atoms with Crippen molar-refractivity contribution in [2.24, 2.45) is 5.92 Å². The lowest BCUT2D eigenvalue weighted by Gasteiger charge is -2.30. The number of rotatable bonds is 5. The standard InChI is InChI=1S/C15H18BrNO4/c16-13-3-1-2-11(8-13)9-21-10-14(18)17-6-4-12(5-7-17)15(19)20/h1-3,8,12H,4-7,9-10H2,(H,19,20). The monoisotopic (exact) mass is 355 g/mol. The number of hydrogen-bond donors (Lipinski definition) is 1. The van der Waals surface area contributed by atoms with Gasteiger partial charge in [-0.05, 0) is 30.5 Å². The molecule has 2 rings (SSSR count). The summed E-state index contributed by atoms with van der Waals surface area (Å²) in [4.78, 5) is 24.5. The molecule has 0 bridgehead atoms. The van der Waals surface area contributed by atoms with Crippen molar-refractivity contribution < 1.29 is 19.4 Å². The van der Waals surface area contributed by atoms with Crippen molar-refractivity contribution in [2.75, 3.05) is 19.7 Å². The van der Waals surface area contributed by atoms with Gasteiger partial charge in [0.1, 0.15) is 6.61 Å². The normalized spacial score (nSPS) is 16.0. The van der Waals surface area contributed by atoms with Gasteiger partial charge in [0.15, 0.2) is 0 Å². The highest BCUT2D eigenvalue weighted by molar-refractivity contribution is 9.10. The Balaban J connectivity index is 1.72. The summed E-state index contributed by atoms with van der Waals surface area (Å²) in [5.41, 5.74) is 1.00. The van der Waals surface area contributed by atoms with Crippen LogP contribution in [0.1, 0.15) is 18.4 Å². The number of carboxylic acids is 1. The number of benzene rings is 1. The van der Waals surface area contributed by atoms with E-state index in [-0.39, 0.29) is 18.4 Å². The van der Waals surface area contributed by atoms with Crippen molar-refractivity contribution in [3.63, 3.8) is 0 Å². The molecule has 1 saturated heterocycles. The molecule has 5 nitrogen and oxygen atoms in total. The highest BCUT2D eigenvalue weighted by Crippen LogP contribution is 2.17. The summed E-state index contributed by atoms with van der Waals surface area (Å²) in [5.74, 6) is -1.17. The minimum atomic E-state index is -0.770. The first-order chi connectivity index (χ1) is 10.1. The summed E-state index contributed by atoms with van der Waals surface area (Å²) >= 11 is 3.38. The van der Waals surface area contributed by atoms with E-state index in [1.54, 1.807) is 4.90 Å². The summed E-state index contributed by atoms with van der Waals surface area (Å²) in [6, 6.07) is 7.74. The number of ether oxygens (including phenoxy) is 1. The lowest BCUT2D eigenvalue weighted by atomic mass is 9.97. The second-order valence-corrected chi connectivity index (χ2v) is 6.03. The van der Waals surface area contributed by atoms with Crippen LogP contribution in [-0.2, 0) is 20.9 Å². The Morgan fingerprint density at radius 1 is 1.33 bits per heavy atom. The van der Waals surface area contributed by atoms with E-state index in [1.165, 1.54) is 0 Å². The smallest absolute Gasteiger partial charge is 0.306 e. The van der Waals surface area contributed by atoms with Crippen LogP contribution in [0.25, 0.3) is 0 Å². The van der Waals surface area contributed by atoms with Crippen molar-refractivity contribution in [3.8, 4) is 0 Å². The molecule has 1 aliphatic heterocycles. The van der Waals surface area contributed by atoms with Crippen LogP contribution in [0.2, 0.25) is 0 Å². The van der Waals surface area contributed by atoms with E-state index in [2.05, 4.69) is 15.9 Å². The Labute approximate surface area is 132 Å². The average Bonchev–Trinajstić information content (AvgIpc) is 2.47. The van der Waals surface area contributed by atoms with Crippen LogP contribution in [0.15, 0.2) is 28.7 Å². The highest BCUT2D eigenvalue weighted by atomic mass is 79.9. The second-order valence-electron chi connectivity index (χ2n) is 5.12. The molecular weight excluding hydrogens is 338 g/mol. The molecule has 0 unspecified atom stereocenters. The molecule has 0 spiro atoms. The van der Waals surface area contributed by atoms with E-state index in [1.807, 2.05) is 24.3 Å². The molecule has 1 heterocycles. The molecule has 114 valence electrons. The maximum atomic E-state index is 12.0. The maximum Gasteiger partial charge on any atom is 0.306 e. The molecule has 0 atom stereocenters. The van der Waals surface area contributed by atoms with Gasteiger partial charge < -0.3 is 14.7 Å². The minimum Gasteiger partial charge on any atom is -0.481 e. The van der Waals surface area contributed by atoms with Crippen LogP contribution in [0.3, 0.4) is 0 Å². The average molecular weight is 356 g/mol. The van der Waals surface area contributed by atoms with Gasteiger partial charge in [0, 0.05) is 17.6 Å². The fourth-order valence-electron chi connectivity index (χ4n) is 2.35. The summed E-state index contributed by atoms with van der Waals surface area (Å²) in [7, 11) is 0. The Bertz CT molecular complexity index is 512. The zero-order valence-corrected chi connectivity index (χ0v) is 13.2. The van der Waals surface area contributed by atoms with Gasteiger partial charge >= 0.3 is 5.97 Å². The second kappa shape index (κ2) is 7.56. The third-order valence-corrected chi connectivity index (χ3v) is 4.07. The number of carboxylic acid groups (broad SMARTS) is 1. The molecule has 1 aromatic carbocycles. The Kier molecular flexibility index (Phi) is 5.76. The molecule has 0 saturated carbocycles. The number of halogens is 1. The van der Waals surface area contributed by atoms with E-state index in [9.17, 15) is 9.59 Å². The van der Waals surface area contributed by atoms with Gasteiger partial charge in [0.05, 0.1) is 12.5 Å². The zero-order chi connectivity index (χ0) is 15.2. The summed E-state index contributed by atoms with van der Waals surface area (Å²) in [6.07, 6.45) is 1.04. The highest BCUT2D eigenvalue weighted by Gasteiger charge is 2.26. The number of likely N-dealkylation sites (tertiary alicyclic amines) is 1. The van der Waals surface area contributed by atoms with Gasteiger partial charge in [-0.25, -0.2) is 0 Å². The van der Waals surface area contributed by atoms with Crippen molar-refractivity contribution in [2.45, 2.75) is 19.4 Å². The predicted molar refractivity (Wildman–Crippen MR) is 80.7 cm³/mol. The SMILES string of the molecule is O=C(O)C1CCN(C(=O)COCc2cccc(Br)c2)CC1. The number of carbonyl (C=O) groups is 2. The van der Waals surface area contributed by atoms with E-state index < -0.39 is 5.97 Å². The van der Waals surface area contributed by atoms with Crippen LogP contribution in [0, 0.1) is 5.92 Å². The first-order valence-electron chi connectivity index (χ1n) is 6.89. The molecular formula is C15H18BrNO4. The third-order valence-electron chi connectivity index (χ3n) is 3.58. The molecule has 0 aromatic heterocycles. The summed E-state index contributed by atoms with van der Waals surface area (Å²) in [5, 5.41) is 8.92. The minimum absolute atomic E-state index is 0.0320. The number of hydrogen-bond acceptors (Lipinski definition) is 3. The Morgan fingerprint density at radius 2 is 2.05 bits per heavy atom. The largest absolute Gasteiger partial charge is 0.481 e. The van der Waals surface area contributed by atoms with E-state index in [0.29, 0.717) is 32.5 Å². The van der Waals surface area contributed by atoms with Crippen molar-refractivity contribution >= 4 is 27.8 Å². The fourth-order valence-corrected chi connectivity index (χ4v) is 2.80. The van der Waals surface area contributed by atoms with Gasteiger partial charge in [0.25, 0.3) is 0 Å². The topological polar surface area (TPSA) is 66.8 Å². The van der Waals surface area contributed by atoms with Crippen molar-refractivity contribution in [3.05, 3.63) is 34.3 Å². The molecule has 1 aromatic rings. The van der Waals surface area contributed by atoms with Crippen LogP contribution in [0.5, 0.6) is 0 Å². The lowest BCUT2D eigenvalue weighted by Crippen LogP contribution is -2.41. The lowest BCUT2D eigenvalue weighted by molar-refractivity contribution is -0.147. The third kappa shape index (κ3) is 4.82. The van der Waals surface area contributed by atoms with Crippen molar-refractivity contribution in [1.82, 2.24) is 4.90 Å². The van der Waals surface area contributed by atoms with E-state index >= 15 is 0 Å². The van der Waals surface area contributed by atoms with Gasteiger partial charge in [-0.3, -0.25) is 9.59 Å². The van der Waals surface area contributed by atoms with Crippen molar-refractivity contribution in [1.29, 1.82) is 0 Å². The number of piperidine rings is 1. The van der Waals surface area contributed by atoms with Crippen LogP contribution in [-0.4, -0.2) is 41.6 Å². The van der Waals surface area contributed by atoms with Crippen LogP contribution >= 0.6 is 15.9 Å². The zero-order valence-electron chi connectivity index (χ0n) is 11.6. The predicted octanol–water partition coefficient (Wildman–Crippen LogP) is 2.29. The molecule has 1 N–H and O–H groups in total. The maximum absolute atomic E-state index is 12.0. The fraction of sp³-hybridized carbons (Fsp3) is 0.467. The molecule has 1 amide bonds. The quantitative estimate of drug-likeness (QED) is 0.879. The number of amides is 1. The first-order valence-corrected chi connectivity index (χ1v) is 7.68. The van der Waals surface area contributed by atoms with Gasteiger partial charge in [-0.1, -0.05) is 28.1 Å². The summed E-state index contributed by atoms with van der Waals surface area (Å²) < 4.78 is 6.41. The summed E-state index contributed by atoms with van der Waals surface area (Å²) in [6.45, 7) is 1.41.